The first-order valence-corrected chi connectivity index (χ1v) is 9.33. The molecule has 1 amide bonds. The van der Waals surface area contributed by atoms with Gasteiger partial charge in [-0.1, -0.05) is 6.07 Å². The Morgan fingerprint density at radius 1 is 1.22 bits per heavy atom. The van der Waals surface area contributed by atoms with Crippen LogP contribution in [0.15, 0.2) is 54.0 Å². The molecule has 3 heterocycles. The van der Waals surface area contributed by atoms with Gasteiger partial charge in [-0.25, -0.2) is 9.67 Å². The van der Waals surface area contributed by atoms with Crippen molar-refractivity contribution in [2.75, 3.05) is 12.4 Å². The zero-order valence-electron chi connectivity index (χ0n) is 15.0. The Hall–Kier alpha value is -3.19. The van der Waals surface area contributed by atoms with Crippen LogP contribution in [0.1, 0.15) is 5.69 Å². The summed E-state index contributed by atoms with van der Waals surface area (Å²) in [4.78, 5) is 18.1. The quantitative estimate of drug-likeness (QED) is 0.567. The molecule has 4 aromatic rings. The Kier molecular flexibility index (Phi) is 4.60. The third-order valence-electron chi connectivity index (χ3n) is 4.26. The Morgan fingerprint density at radius 3 is 2.74 bits per heavy atom. The van der Waals surface area contributed by atoms with E-state index in [1.807, 2.05) is 24.4 Å². The molecule has 0 saturated heterocycles. The summed E-state index contributed by atoms with van der Waals surface area (Å²) in [5.74, 6) is 0.583. The minimum atomic E-state index is -0.159. The van der Waals surface area contributed by atoms with E-state index in [-0.39, 0.29) is 12.5 Å². The summed E-state index contributed by atoms with van der Waals surface area (Å²) in [5, 5.41) is 10.5. The topological polar surface area (TPSA) is 69.0 Å². The molecule has 27 heavy (non-hydrogen) atoms. The number of fused-ring (bicyclic) bond motifs is 1. The lowest BCUT2D eigenvalue weighted by molar-refractivity contribution is -0.116. The number of anilines is 1. The number of thiophene rings is 1. The van der Waals surface area contributed by atoms with Gasteiger partial charge in [-0.3, -0.25) is 4.79 Å². The van der Waals surface area contributed by atoms with Gasteiger partial charge in [0.1, 0.15) is 12.3 Å². The van der Waals surface area contributed by atoms with E-state index in [0.717, 1.165) is 27.3 Å². The van der Waals surface area contributed by atoms with Crippen molar-refractivity contribution < 1.29 is 9.53 Å². The van der Waals surface area contributed by atoms with E-state index < -0.39 is 0 Å². The summed E-state index contributed by atoms with van der Waals surface area (Å²) in [6.07, 6.45) is 1.76. The molecule has 1 N–H and O–H groups in total. The van der Waals surface area contributed by atoms with Crippen LogP contribution >= 0.6 is 11.3 Å². The summed E-state index contributed by atoms with van der Waals surface area (Å²) in [6, 6.07) is 13.3. The van der Waals surface area contributed by atoms with Crippen LogP contribution in [0, 0.1) is 6.92 Å². The highest BCUT2D eigenvalue weighted by molar-refractivity contribution is 7.13. The number of amides is 1. The number of rotatable bonds is 5. The molecule has 0 aliphatic carbocycles. The molecule has 0 fully saturated rings. The maximum atomic E-state index is 12.5. The lowest BCUT2D eigenvalue weighted by atomic mass is 10.1. The molecule has 136 valence electrons. The van der Waals surface area contributed by atoms with Crippen molar-refractivity contribution in [1.82, 2.24) is 14.8 Å². The highest BCUT2D eigenvalue weighted by Gasteiger charge is 2.16. The van der Waals surface area contributed by atoms with Crippen molar-refractivity contribution >= 4 is 34.0 Å². The molecule has 0 spiro atoms. The summed E-state index contributed by atoms with van der Waals surface area (Å²) in [7, 11) is 1.61. The number of carbonyl (C=O) groups is 1. The van der Waals surface area contributed by atoms with Crippen LogP contribution in [-0.2, 0) is 11.3 Å². The van der Waals surface area contributed by atoms with Gasteiger partial charge in [-0.05, 0) is 48.7 Å². The zero-order valence-corrected chi connectivity index (χ0v) is 15.8. The number of hydrogen-bond donors (Lipinski definition) is 1. The van der Waals surface area contributed by atoms with Gasteiger partial charge in [-0.15, -0.1) is 11.3 Å². The number of carbonyl (C=O) groups excluding carboxylic acids is 1. The van der Waals surface area contributed by atoms with Crippen LogP contribution in [0.2, 0.25) is 0 Å². The largest absolute Gasteiger partial charge is 0.497 e. The van der Waals surface area contributed by atoms with Gasteiger partial charge >= 0.3 is 0 Å². The first-order chi connectivity index (χ1) is 13.2. The Bertz CT molecular complexity index is 1090. The molecule has 0 bridgehead atoms. The standard InChI is InChI=1S/C20H18N4O2S/c1-13-19-16(17-4-3-11-27-17)9-10-21-20(19)24(23-13)12-18(25)22-14-5-7-15(26-2)8-6-14/h3-11H,12H2,1-2H3,(H,22,25). The van der Waals surface area contributed by atoms with Crippen LogP contribution in [-0.4, -0.2) is 27.8 Å². The highest BCUT2D eigenvalue weighted by Crippen LogP contribution is 2.32. The Balaban J connectivity index is 1.60. The molecule has 6 nitrogen and oxygen atoms in total. The molecule has 0 saturated carbocycles. The van der Waals surface area contributed by atoms with Gasteiger partial charge in [0, 0.05) is 22.3 Å². The van der Waals surface area contributed by atoms with E-state index in [4.69, 9.17) is 4.74 Å². The highest BCUT2D eigenvalue weighted by atomic mass is 32.1. The number of aryl methyl sites for hydroxylation is 1. The van der Waals surface area contributed by atoms with Crippen molar-refractivity contribution in [3.8, 4) is 16.2 Å². The molecule has 1 aromatic carbocycles. The van der Waals surface area contributed by atoms with E-state index >= 15 is 0 Å². The maximum Gasteiger partial charge on any atom is 0.246 e. The number of nitrogens with zero attached hydrogens (tertiary/aromatic N) is 3. The van der Waals surface area contributed by atoms with Gasteiger partial charge in [0.05, 0.1) is 18.2 Å². The third kappa shape index (κ3) is 3.41. The number of benzene rings is 1. The fraction of sp³-hybridized carbons (Fsp3) is 0.150. The van der Waals surface area contributed by atoms with E-state index in [2.05, 4.69) is 21.5 Å². The fourth-order valence-corrected chi connectivity index (χ4v) is 3.80. The molecule has 4 rings (SSSR count). The molecule has 0 unspecified atom stereocenters. The average Bonchev–Trinajstić information content (AvgIpc) is 3.31. The van der Waals surface area contributed by atoms with Gasteiger partial charge in [-0.2, -0.15) is 5.10 Å². The van der Waals surface area contributed by atoms with Gasteiger partial charge in [0.15, 0.2) is 5.65 Å². The second-order valence-corrected chi connectivity index (χ2v) is 7.00. The van der Waals surface area contributed by atoms with E-state index in [1.54, 1.807) is 53.6 Å². The van der Waals surface area contributed by atoms with Crippen LogP contribution in [0.4, 0.5) is 5.69 Å². The zero-order chi connectivity index (χ0) is 18.8. The molecule has 0 radical (unpaired) electrons. The lowest BCUT2D eigenvalue weighted by Gasteiger charge is -2.07. The number of methoxy groups -OCH3 is 1. The second kappa shape index (κ2) is 7.20. The molecule has 0 aliphatic rings. The van der Waals surface area contributed by atoms with Crippen LogP contribution in [0.5, 0.6) is 5.75 Å². The first-order valence-electron chi connectivity index (χ1n) is 8.45. The van der Waals surface area contributed by atoms with Crippen LogP contribution in [0.25, 0.3) is 21.5 Å². The van der Waals surface area contributed by atoms with Crippen molar-refractivity contribution in [2.24, 2.45) is 0 Å². The van der Waals surface area contributed by atoms with Crippen molar-refractivity contribution in [1.29, 1.82) is 0 Å². The normalized spacial score (nSPS) is 10.9. The lowest BCUT2D eigenvalue weighted by Crippen LogP contribution is -2.19. The predicted molar refractivity (Wildman–Crippen MR) is 107 cm³/mol. The number of ether oxygens (including phenoxy) is 1. The maximum absolute atomic E-state index is 12.5. The predicted octanol–water partition coefficient (Wildman–Crippen LogP) is 4.12. The molecule has 3 aromatic heterocycles. The number of hydrogen-bond acceptors (Lipinski definition) is 5. The van der Waals surface area contributed by atoms with Crippen molar-refractivity contribution in [3.63, 3.8) is 0 Å². The minimum Gasteiger partial charge on any atom is -0.497 e. The minimum absolute atomic E-state index is 0.0945. The summed E-state index contributed by atoms with van der Waals surface area (Å²) in [6.45, 7) is 2.04. The van der Waals surface area contributed by atoms with Crippen LogP contribution in [0.3, 0.4) is 0 Å². The number of aromatic nitrogens is 3. The Morgan fingerprint density at radius 2 is 2.04 bits per heavy atom. The molecular formula is C20H18N4O2S. The smallest absolute Gasteiger partial charge is 0.246 e. The van der Waals surface area contributed by atoms with Crippen molar-refractivity contribution in [3.05, 3.63) is 59.7 Å². The third-order valence-corrected chi connectivity index (χ3v) is 5.16. The van der Waals surface area contributed by atoms with E-state index in [1.165, 1.54) is 0 Å². The number of nitrogens with one attached hydrogen (secondary N) is 1. The molecular weight excluding hydrogens is 360 g/mol. The van der Waals surface area contributed by atoms with E-state index in [9.17, 15) is 4.79 Å². The van der Waals surface area contributed by atoms with Gasteiger partial charge < -0.3 is 10.1 Å². The number of pyridine rings is 1. The monoisotopic (exact) mass is 378 g/mol. The fourth-order valence-electron chi connectivity index (χ4n) is 3.04. The first kappa shape index (κ1) is 17.2. The van der Waals surface area contributed by atoms with Crippen LogP contribution < -0.4 is 10.1 Å². The summed E-state index contributed by atoms with van der Waals surface area (Å²) >= 11 is 1.67. The van der Waals surface area contributed by atoms with Gasteiger partial charge in [0.25, 0.3) is 0 Å². The molecule has 0 aliphatic heterocycles. The summed E-state index contributed by atoms with van der Waals surface area (Å²) < 4.78 is 6.78. The SMILES string of the molecule is COc1ccc(NC(=O)Cn2nc(C)c3c(-c4cccs4)ccnc32)cc1. The molecule has 7 heteroatoms. The van der Waals surface area contributed by atoms with E-state index in [0.29, 0.717) is 11.3 Å². The van der Waals surface area contributed by atoms with Gasteiger partial charge in [0.2, 0.25) is 5.91 Å². The van der Waals surface area contributed by atoms with Crippen molar-refractivity contribution in [2.45, 2.75) is 13.5 Å². The molecule has 0 atom stereocenters. The average molecular weight is 378 g/mol. The second-order valence-electron chi connectivity index (χ2n) is 6.05. The Labute approximate surface area is 160 Å². The summed E-state index contributed by atoms with van der Waals surface area (Å²) in [5.41, 5.74) is 3.37.